The van der Waals surface area contributed by atoms with Gasteiger partial charge in [-0.05, 0) is 25.7 Å². The van der Waals surface area contributed by atoms with Crippen molar-refractivity contribution in [2.75, 3.05) is 0 Å². The number of hydrogen-bond donors (Lipinski definition) is 1. The predicted octanol–water partition coefficient (Wildman–Crippen LogP) is 3.62. The highest BCUT2D eigenvalue weighted by atomic mass is 14.6. The zero-order chi connectivity index (χ0) is 9.98. The van der Waals surface area contributed by atoms with Crippen LogP contribution in [0.25, 0.3) is 0 Å². The minimum absolute atomic E-state index is 1.14. The maximum absolute atomic E-state index is 5.67. The van der Waals surface area contributed by atoms with Gasteiger partial charge in [-0.15, -0.1) is 13.2 Å². The smallest absolute Gasteiger partial charge is 0.00723 e. The lowest BCUT2D eigenvalue weighted by molar-refractivity contribution is 0.872. The van der Waals surface area contributed by atoms with Crippen molar-refractivity contribution in [1.29, 1.82) is 0 Å². The molecule has 0 heterocycles. The molecular weight excluding hydrogens is 146 g/mol. The van der Waals surface area contributed by atoms with E-state index in [4.69, 9.17) is 5.73 Å². The lowest BCUT2D eigenvalue weighted by atomic mass is 10.2. The first kappa shape index (κ1) is 13.8. The van der Waals surface area contributed by atoms with Crippen molar-refractivity contribution < 1.29 is 0 Å². The maximum atomic E-state index is 5.67. The number of allylic oxidation sites excluding steroid dienone is 2. The monoisotopic (exact) mass is 169 g/mol. The van der Waals surface area contributed by atoms with Crippen LogP contribution in [0.3, 0.4) is 0 Å². The van der Waals surface area contributed by atoms with Crippen molar-refractivity contribution in [2.24, 2.45) is 5.73 Å². The van der Waals surface area contributed by atoms with Crippen LogP contribution in [0.5, 0.6) is 0 Å². The molecule has 0 aromatic heterocycles. The Morgan fingerprint density at radius 3 is 1.92 bits per heavy atom. The molecule has 0 aromatic carbocycles. The van der Waals surface area contributed by atoms with Gasteiger partial charge in [0.25, 0.3) is 0 Å². The molecule has 1 nitrogen and oxygen atoms in total. The van der Waals surface area contributed by atoms with E-state index in [2.05, 4.69) is 20.1 Å². The summed E-state index contributed by atoms with van der Waals surface area (Å²) >= 11 is 0. The van der Waals surface area contributed by atoms with Crippen molar-refractivity contribution >= 4 is 0 Å². The third-order valence-electron chi connectivity index (χ3n) is 1.81. The molecule has 1 rings (SSSR count). The SMILES string of the molecule is C=C.CC.CCC1=C(N)CCC1. The van der Waals surface area contributed by atoms with E-state index in [-0.39, 0.29) is 0 Å². The molecule has 0 amide bonds. The fourth-order valence-corrected chi connectivity index (χ4v) is 1.23. The van der Waals surface area contributed by atoms with Gasteiger partial charge < -0.3 is 5.73 Å². The summed E-state index contributed by atoms with van der Waals surface area (Å²) in [6, 6.07) is 0. The van der Waals surface area contributed by atoms with Crippen LogP contribution in [0.15, 0.2) is 24.4 Å². The van der Waals surface area contributed by atoms with Gasteiger partial charge in [-0.3, -0.25) is 0 Å². The van der Waals surface area contributed by atoms with E-state index < -0.39 is 0 Å². The Morgan fingerprint density at radius 1 is 1.25 bits per heavy atom. The molecule has 0 atom stereocenters. The normalized spacial score (nSPS) is 14.2. The molecule has 0 radical (unpaired) electrons. The van der Waals surface area contributed by atoms with E-state index in [1.165, 1.54) is 18.4 Å². The zero-order valence-electron chi connectivity index (χ0n) is 8.82. The number of nitrogens with two attached hydrogens (primary N) is 1. The van der Waals surface area contributed by atoms with Gasteiger partial charge in [0.2, 0.25) is 0 Å². The van der Waals surface area contributed by atoms with Crippen LogP contribution in [-0.4, -0.2) is 0 Å². The van der Waals surface area contributed by atoms with Gasteiger partial charge in [0, 0.05) is 5.70 Å². The molecule has 0 saturated heterocycles. The summed E-state index contributed by atoms with van der Waals surface area (Å²) in [5, 5.41) is 0. The first-order valence-electron chi connectivity index (χ1n) is 4.81. The molecule has 1 aliphatic rings. The Bertz CT molecular complexity index is 125. The van der Waals surface area contributed by atoms with Gasteiger partial charge in [-0.1, -0.05) is 26.3 Å². The molecule has 0 aliphatic heterocycles. The summed E-state index contributed by atoms with van der Waals surface area (Å²) < 4.78 is 0. The average Bonchev–Trinajstić information content (AvgIpc) is 2.58. The molecule has 72 valence electrons. The molecule has 1 heteroatoms. The highest BCUT2D eigenvalue weighted by Gasteiger charge is 2.07. The Hall–Kier alpha value is -0.720. The van der Waals surface area contributed by atoms with Gasteiger partial charge in [-0.25, -0.2) is 0 Å². The van der Waals surface area contributed by atoms with Crippen LogP contribution in [0.1, 0.15) is 46.5 Å². The Balaban J connectivity index is 0. The van der Waals surface area contributed by atoms with Crippen LogP contribution in [-0.2, 0) is 0 Å². The largest absolute Gasteiger partial charge is 0.402 e. The number of hydrogen-bond acceptors (Lipinski definition) is 1. The molecule has 0 unspecified atom stereocenters. The highest BCUT2D eigenvalue weighted by molar-refractivity contribution is 5.15. The van der Waals surface area contributed by atoms with Crippen molar-refractivity contribution in [2.45, 2.75) is 46.5 Å². The van der Waals surface area contributed by atoms with Crippen LogP contribution < -0.4 is 5.73 Å². The molecular formula is C11H23N. The standard InChI is InChI=1S/C7H13N.C2H6.C2H4/c1-2-6-4-3-5-7(6)8;2*1-2/h2-5,8H2,1H3;1-2H3;1-2H2. The molecule has 0 aromatic rings. The quantitative estimate of drug-likeness (QED) is 0.596. The molecule has 1 aliphatic carbocycles. The summed E-state index contributed by atoms with van der Waals surface area (Å²) in [5.41, 5.74) is 8.32. The average molecular weight is 169 g/mol. The van der Waals surface area contributed by atoms with Crippen molar-refractivity contribution in [3.8, 4) is 0 Å². The molecule has 0 saturated carbocycles. The molecule has 12 heavy (non-hydrogen) atoms. The predicted molar refractivity (Wildman–Crippen MR) is 58.0 cm³/mol. The van der Waals surface area contributed by atoms with Gasteiger partial charge >= 0.3 is 0 Å². The second kappa shape index (κ2) is 10.3. The Morgan fingerprint density at radius 2 is 1.75 bits per heavy atom. The molecule has 0 fully saturated rings. The fraction of sp³-hybridized carbons (Fsp3) is 0.636. The first-order chi connectivity index (χ1) is 5.84. The van der Waals surface area contributed by atoms with E-state index in [1.807, 2.05) is 13.8 Å². The highest BCUT2D eigenvalue weighted by Crippen LogP contribution is 2.23. The van der Waals surface area contributed by atoms with E-state index in [0.29, 0.717) is 0 Å². The Kier molecular flexibility index (Phi) is 11.9. The molecule has 0 spiro atoms. The second-order valence-corrected chi connectivity index (χ2v) is 2.34. The Labute approximate surface area is 77.4 Å². The minimum Gasteiger partial charge on any atom is -0.402 e. The summed E-state index contributed by atoms with van der Waals surface area (Å²) in [5.74, 6) is 0. The topological polar surface area (TPSA) is 26.0 Å². The lowest BCUT2D eigenvalue weighted by Crippen LogP contribution is -1.94. The van der Waals surface area contributed by atoms with E-state index in [1.54, 1.807) is 0 Å². The van der Waals surface area contributed by atoms with E-state index >= 15 is 0 Å². The zero-order valence-corrected chi connectivity index (χ0v) is 8.82. The van der Waals surface area contributed by atoms with Crippen molar-refractivity contribution in [1.82, 2.24) is 0 Å². The summed E-state index contributed by atoms with van der Waals surface area (Å²) in [7, 11) is 0. The lowest BCUT2D eigenvalue weighted by Gasteiger charge is -1.94. The van der Waals surface area contributed by atoms with Gasteiger partial charge in [-0.2, -0.15) is 0 Å². The third-order valence-corrected chi connectivity index (χ3v) is 1.81. The van der Waals surface area contributed by atoms with Crippen LogP contribution >= 0.6 is 0 Å². The van der Waals surface area contributed by atoms with Crippen molar-refractivity contribution in [3.05, 3.63) is 24.4 Å². The van der Waals surface area contributed by atoms with Crippen molar-refractivity contribution in [3.63, 3.8) is 0 Å². The van der Waals surface area contributed by atoms with Gasteiger partial charge in [0.1, 0.15) is 0 Å². The third kappa shape index (κ3) is 5.00. The first-order valence-corrected chi connectivity index (χ1v) is 4.81. The van der Waals surface area contributed by atoms with Crippen LogP contribution in [0, 0.1) is 0 Å². The summed E-state index contributed by atoms with van der Waals surface area (Å²) in [4.78, 5) is 0. The van der Waals surface area contributed by atoms with Gasteiger partial charge in [0.05, 0.1) is 0 Å². The van der Waals surface area contributed by atoms with Crippen LogP contribution in [0.4, 0.5) is 0 Å². The number of rotatable bonds is 1. The van der Waals surface area contributed by atoms with E-state index in [0.717, 1.165) is 18.5 Å². The minimum atomic E-state index is 1.14. The second-order valence-electron chi connectivity index (χ2n) is 2.34. The van der Waals surface area contributed by atoms with Gasteiger partial charge in [0.15, 0.2) is 0 Å². The molecule has 2 N–H and O–H groups in total. The van der Waals surface area contributed by atoms with E-state index in [9.17, 15) is 0 Å². The van der Waals surface area contributed by atoms with Crippen LogP contribution in [0.2, 0.25) is 0 Å². The molecule has 0 bridgehead atoms. The fourth-order valence-electron chi connectivity index (χ4n) is 1.23. The summed E-state index contributed by atoms with van der Waals surface area (Å²) in [6.45, 7) is 12.2. The maximum Gasteiger partial charge on any atom is 0.00723 e. The summed E-state index contributed by atoms with van der Waals surface area (Å²) in [6.07, 6.45) is 4.84.